The number of phosphoric acid groups is 1. The number of phosphoric ester groups is 1. The third-order valence-electron chi connectivity index (χ3n) is 10.4. The summed E-state index contributed by atoms with van der Waals surface area (Å²) in [6.45, 7) is 3.63. The number of hydrogen-bond acceptors (Lipinski definition) is 8. The second-order valence-electron chi connectivity index (χ2n) is 16.3. The average Bonchev–Trinajstić information content (AvgIpc) is 3.25. The van der Waals surface area contributed by atoms with E-state index >= 15 is 0 Å². The van der Waals surface area contributed by atoms with Crippen molar-refractivity contribution in [3.05, 3.63) is 60.8 Å². The van der Waals surface area contributed by atoms with E-state index in [1.54, 1.807) is 0 Å². The fourth-order valence-corrected chi connectivity index (χ4v) is 7.55. The molecule has 2 unspecified atom stereocenters. The van der Waals surface area contributed by atoms with E-state index in [-0.39, 0.29) is 38.6 Å². The zero-order chi connectivity index (χ0) is 44.6. The second kappa shape index (κ2) is 47.2. The fourth-order valence-electron chi connectivity index (χ4n) is 6.78. The number of ether oxygens (including phenoxy) is 2. The van der Waals surface area contributed by atoms with Gasteiger partial charge in [-0.2, -0.15) is 0 Å². The molecule has 0 aliphatic carbocycles. The van der Waals surface area contributed by atoms with Gasteiger partial charge in [0.15, 0.2) is 6.10 Å². The summed E-state index contributed by atoms with van der Waals surface area (Å²) in [7, 11) is -4.39. The Morgan fingerprint density at radius 3 is 1.34 bits per heavy atom. The largest absolute Gasteiger partial charge is 0.472 e. The zero-order valence-corrected chi connectivity index (χ0v) is 40.0. The van der Waals surface area contributed by atoms with Crippen LogP contribution in [0.5, 0.6) is 0 Å². The first-order valence-corrected chi connectivity index (χ1v) is 26.3. The number of hydrogen-bond donors (Lipinski definition) is 2. The van der Waals surface area contributed by atoms with Gasteiger partial charge in [0, 0.05) is 19.4 Å². The van der Waals surface area contributed by atoms with Crippen LogP contribution < -0.4 is 5.73 Å². The van der Waals surface area contributed by atoms with Gasteiger partial charge in [0.2, 0.25) is 0 Å². The number of esters is 2. The molecule has 3 N–H and O–H groups in total. The smallest absolute Gasteiger partial charge is 0.462 e. The van der Waals surface area contributed by atoms with Gasteiger partial charge in [-0.15, -0.1) is 0 Å². The number of carbonyl (C=O) groups excluding carboxylic acids is 2. The summed E-state index contributed by atoms with van der Waals surface area (Å²) >= 11 is 0. The summed E-state index contributed by atoms with van der Waals surface area (Å²) in [5.41, 5.74) is 5.36. The van der Waals surface area contributed by atoms with Gasteiger partial charge in [-0.3, -0.25) is 18.6 Å². The van der Waals surface area contributed by atoms with Crippen LogP contribution in [0, 0.1) is 0 Å². The fraction of sp³-hybridized carbons (Fsp3) is 0.765. The molecular weight excluding hydrogens is 786 g/mol. The minimum Gasteiger partial charge on any atom is -0.462 e. The van der Waals surface area contributed by atoms with Gasteiger partial charge < -0.3 is 20.1 Å². The van der Waals surface area contributed by atoms with Crippen LogP contribution in [0.25, 0.3) is 0 Å². The Hall–Kier alpha value is -2.29. The van der Waals surface area contributed by atoms with Crippen LogP contribution in [0.3, 0.4) is 0 Å². The van der Waals surface area contributed by atoms with Gasteiger partial charge in [0.1, 0.15) is 6.61 Å². The first kappa shape index (κ1) is 58.7. The maximum atomic E-state index is 12.6. The molecule has 0 aliphatic rings. The Morgan fingerprint density at radius 1 is 0.508 bits per heavy atom. The van der Waals surface area contributed by atoms with E-state index in [0.717, 1.165) is 77.0 Å². The Bertz CT molecular complexity index is 1180. The Labute approximate surface area is 374 Å². The third-order valence-corrected chi connectivity index (χ3v) is 11.4. The maximum Gasteiger partial charge on any atom is 0.472 e. The van der Waals surface area contributed by atoms with Gasteiger partial charge in [-0.25, -0.2) is 4.57 Å². The monoisotopic (exact) mass is 878 g/mol. The minimum absolute atomic E-state index is 0.0500. The van der Waals surface area contributed by atoms with Gasteiger partial charge in [0.05, 0.1) is 13.2 Å². The molecule has 0 aliphatic heterocycles. The quantitative estimate of drug-likeness (QED) is 0.0265. The molecule has 0 aromatic heterocycles. The second-order valence-corrected chi connectivity index (χ2v) is 17.8. The molecule has 0 fully saturated rings. The first-order valence-electron chi connectivity index (χ1n) is 24.8. The van der Waals surface area contributed by atoms with Gasteiger partial charge in [0.25, 0.3) is 0 Å². The molecule has 0 spiro atoms. The van der Waals surface area contributed by atoms with E-state index in [4.69, 9.17) is 24.3 Å². The van der Waals surface area contributed by atoms with Crippen molar-refractivity contribution in [2.24, 2.45) is 5.73 Å². The summed E-state index contributed by atoms with van der Waals surface area (Å²) < 4.78 is 32.9. The van der Waals surface area contributed by atoms with E-state index in [0.29, 0.717) is 6.42 Å². The average molecular weight is 878 g/mol. The van der Waals surface area contributed by atoms with Crippen LogP contribution in [0.1, 0.15) is 219 Å². The predicted molar refractivity (Wildman–Crippen MR) is 256 cm³/mol. The standard InChI is InChI=1S/C51H92NO8P/c1-3-5-7-9-11-13-15-17-19-21-22-23-24-25-26-28-30-32-34-36-38-40-42-44-51(54)60-49(48-59-61(55,56)58-46-45-52)47-57-50(53)43-41-39-37-35-33-31-29-27-20-18-16-14-12-10-8-6-4-2/h5,7,11,13,17,19,22-23,25-26,49H,3-4,6,8-10,12,14-16,18,20-21,24,27-48,52H2,1-2H3,(H,55,56)/b7-5-,13-11-,19-17-,23-22-,26-25-. The van der Waals surface area contributed by atoms with Gasteiger partial charge >= 0.3 is 19.8 Å². The van der Waals surface area contributed by atoms with E-state index in [1.165, 1.54) is 109 Å². The highest BCUT2D eigenvalue weighted by Gasteiger charge is 2.26. The highest BCUT2D eigenvalue weighted by Crippen LogP contribution is 2.43. The summed E-state index contributed by atoms with van der Waals surface area (Å²) in [6.07, 6.45) is 56.8. The Morgan fingerprint density at radius 2 is 0.902 bits per heavy atom. The molecule has 0 bridgehead atoms. The zero-order valence-electron chi connectivity index (χ0n) is 39.1. The van der Waals surface area contributed by atoms with Gasteiger partial charge in [-0.05, 0) is 57.8 Å². The molecular formula is C51H92NO8P. The Kier molecular flexibility index (Phi) is 45.4. The number of unbranched alkanes of at least 4 members (excludes halogenated alkanes) is 23. The molecule has 2 atom stereocenters. The lowest BCUT2D eigenvalue weighted by molar-refractivity contribution is -0.161. The van der Waals surface area contributed by atoms with E-state index in [2.05, 4.69) is 74.6 Å². The summed E-state index contributed by atoms with van der Waals surface area (Å²) in [6, 6.07) is 0. The number of rotatable bonds is 46. The van der Waals surface area contributed by atoms with Crippen LogP contribution in [0.4, 0.5) is 0 Å². The molecule has 354 valence electrons. The molecule has 61 heavy (non-hydrogen) atoms. The molecule has 0 heterocycles. The highest BCUT2D eigenvalue weighted by atomic mass is 31.2. The first-order chi connectivity index (χ1) is 29.8. The van der Waals surface area contributed by atoms with Gasteiger partial charge in [-0.1, -0.05) is 209 Å². The van der Waals surface area contributed by atoms with E-state index in [9.17, 15) is 19.0 Å². The maximum absolute atomic E-state index is 12.6. The molecule has 0 aromatic rings. The lowest BCUT2D eigenvalue weighted by Gasteiger charge is -2.19. The van der Waals surface area contributed by atoms with Crippen LogP contribution in [-0.2, 0) is 32.7 Å². The van der Waals surface area contributed by atoms with Crippen molar-refractivity contribution in [1.29, 1.82) is 0 Å². The molecule has 0 saturated carbocycles. The molecule has 0 amide bonds. The van der Waals surface area contributed by atoms with Crippen molar-refractivity contribution in [2.45, 2.75) is 225 Å². The van der Waals surface area contributed by atoms with E-state index in [1.807, 2.05) is 0 Å². The molecule has 0 radical (unpaired) electrons. The predicted octanol–water partition coefficient (Wildman–Crippen LogP) is 14.8. The van der Waals surface area contributed by atoms with Crippen molar-refractivity contribution < 1.29 is 37.6 Å². The van der Waals surface area contributed by atoms with Crippen LogP contribution in [0.2, 0.25) is 0 Å². The molecule has 0 saturated heterocycles. The highest BCUT2D eigenvalue weighted by molar-refractivity contribution is 7.47. The minimum atomic E-state index is -4.39. The van der Waals surface area contributed by atoms with Crippen molar-refractivity contribution >= 4 is 19.8 Å². The van der Waals surface area contributed by atoms with Crippen LogP contribution in [0.15, 0.2) is 60.8 Å². The number of carbonyl (C=O) groups is 2. The number of allylic oxidation sites excluding steroid dienone is 10. The van der Waals surface area contributed by atoms with Crippen LogP contribution in [-0.4, -0.2) is 49.3 Å². The Balaban J connectivity index is 4.09. The summed E-state index contributed by atoms with van der Waals surface area (Å²) in [5.74, 6) is -0.836. The molecule has 9 nitrogen and oxygen atoms in total. The normalized spacial score (nSPS) is 13.7. The number of nitrogens with two attached hydrogens (primary N) is 1. The van der Waals surface area contributed by atoms with Crippen molar-refractivity contribution in [3.63, 3.8) is 0 Å². The lowest BCUT2D eigenvalue weighted by Crippen LogP contribution is -2.29. The molecule has 0 rings (SSSR count). The lowest BCUT2D eigenvalue weighted by atomic mass is 10.0. The van der Waals surface area contributed by atoms with Crippen LogP contribution >= 0.6 is 7.82 Å². The van der Waals surface area contributed by atoms with E-state index < -0.39 is 26.5 Å². The summed E-state index contributed by atoms with van der Waals surface area (Å²) in [5, 5.41) is 0. The molecule has 10 heteroatoms. The van der Waals surface area contributed by atoms with Crippen molar-refractivity contribution in [2.75, 3.05) is 26.4 Å². The SMILES string of the molecule is CC/C=C\C/C=C\C/C=C\C/C=C\C/C=C\CCCCCCCCCC(=O)OC(COC(=O)CCCCCCCCCCCCCCCCCCC)COP(=O)(O)OCCN. The van der Waals surface area contributed by atoms with Crippen molar-refractivity contribution in [1.82, 2.24) is 0 Å². The third kappa shape index (κ3) is 47.0. The summed E-state index contributed by atoms with van der Waals surface area (Å²) in [4.78, 5) is 35.0. The van der Waals surface area contributed by atoms with Crippen molar-refractivity contribution in [3.8, 4) is 0 Å². The molecule has 0 aromatic carbocycles. The topological polar surface area (TPSA) is 134 Å².